The molecule has 1 aliphatic carbocycles. The molecule has 1 saturated carbocycles. The molecule has 2 unspecified atom stereocenters. The summed E-state index contributed by atoms with van der Waals surface area (Å²) in [7, 11) is 0. The van der Waals surface area contributed by atoms with Gasteiger partial charge < -0.3 is 10.4 Å². The maximum atomic E-state index is 11.7. The molecule has 1 aromatic rings. The molecule has 0 saturated heterocycles. The summed E-state index contributed by atoms with van der Waals surface area (Å²) in [6.45, 7) is 3.60. The summed E-state index contributed by atoms with van der Waals surface area (Å²) >= 11 is 0. The van der Waals surface area contributed by atoms with E-state index in [-0.39, 0.29) is 11.8 Å². The molecule has 0 aromatic heterocycles. The van der Waals surface area contributed by atoms with Crippen molar-refractivity contribution in [2.24, 2.45) is 0 Å². The van der Waals surface area contributed by atoms with E-state index in [4.69, 9.17) is 0 Å². The third kappa shape index (κ3) is 2.67. The Morgan fingerprint density at radius 1 is 1.32 bits per heavy atom. The number of carboxylic acids is 1. The van der Waals surface area contributed by atoms with Crippen LogP contribution in [0, 0.1) is 0 Å². The number of amides is 1. The molecule has 0 radical (unpaired) electrons. The van der Waals surface area contributed by atoms with Crippen LogP contribution in [0.1, 0.15) is 31.7 Å². The molecule has 0 bridgehead atoms. The molecule has 1 fully saturated rings. The minimum atomic E-state index is -1.15. The van der Waals surface area contributed by atoms with Crippen LogP contribution in [0.25, 0.3) is 0 Å². The van der Waals surface area contributed by atoms with Gasteiger partial charge in [-0.15, -0.1) is 0 Å². The van der Waals surface area contributed by atoms with Crippen molar-refractivity contribution < 1.29 is 14.7 Å². The molecule has 0 heterocycles. The number of carbonyl (C=O) groups excluding carboxylic acids is 1. The number of carboxylic acid groups (broad SMARTS) is 1. The van der Waals surface area contributed by atoms with Crippen LogP contribution in [0.5, 0.6) is 0 Å². The molecule has 1 amide bonds. The smallest absolute Gasteiger partial charge is 0.330 e. The molecule has 2 rings (SSSR count). The summed E-state index contributed by atoms with van der Waals surface area (Å²) in [5, 5.41) is 12.0. The predicted octanol–water partition coefficient (Wildman–Crippen LogP) is 2.08. The SMILES string of the molecule is CC(C)=CC(=O)NC1(C(=O)O)CC1c1ccccc1. The van der Waals surface area contributed by atoms with Gasteiger partial charge in [0, 0.05) is 12.0 Å². The fourth-order valence-electron chi connectivity index (χ4n) is 2.30. The van der Waals surface area contributed by atoms with Crippen molar-refractivity contribution in [3.8, 4) is 0 Å². The average Bonchev–Trinajstić information content (AvgIpc) is 3.05. The van der Waals surface area contributed by atoms with Gasteiger partial charge >= 0.3 is 5.97 Å². The normalized spacial score (nSPS) is 24.4. The Morgan fingerprint density at radius 2 is 1.95 bits per heavy atom. The van der Waals surface area contributed by atoms with Crippen molar-refractivity contribution in [2.45, 2.75) is 31.7 Å². The number of nitrogens with one attached hydrogen (secondary N) is 1. The minimum Gasteiger partial charge on any atom is -0.479 e. The highest BCUT2D eigenvalue weighted by Gasteiger charge is 2.62. The first kappa shape index (κ1) is 13.3. The van der Waals surface area contributed by atoms with E-state index >= 15 is 0 Å². The molecule has 19 heavy (non-hydrogen) atoms. The molecule has 1 aliphatic rings. The molecule has 4 nitrogen and oxygen atoms in total. The fourth-order valence-corrected chi connectivity index (χ4v) is 2.30. The van der Waals surface area contributed by atoms with E-state index in [0.29, 0.717) is 6.42 Å². The zero-order valence-corrected chi connectivity index (χ0v) is 11.0. The second-order valence-electron chi connectivity index (χ2n) is 5.15. The number of hydrogen-bond donors (Lipinski definition) is 2. The van der Waals surface area contributed by atoms with E-state index in [9.17, 15) is 14.7 Å². The molecule has 0 aliphatic heterocycles. The second-order valence-corrected chi connectivity index (χ2v) is 5.15. The van der Waals surface area contributed by atoms with Crippen molar-refractivity contribution in [1.29, 1.82) is 0 Å². The van der Waals surface area contributed by atoms with Gasteiger partial charge in [-0.05, 0) is 25.8 Å². The van der Waals surface area contributed by atoms with Crippen LogP contribution in [0.15, 0.2) is 42.0 Å². The van der Waals surface area contributed by atoms with E-state index in [1.54, 1.807) is 13.8 Å². The lowest BCUT2D eigenvalue weighted by Gasteiger charge is -2.14. The third-order valence-corrected chi connectivity index (χ3v) is 3.31. The monoisotopic (exact) mass is 259 g/mol. The largest absolute Gasteiger partial charge is 0.479 e. The van der Waals surface area contributed by atoms with Gasteiger partial charge in [0.25, 0.3) is 0 Å². The summed E-state index contributed by atoms with van der Waals surface area (Å²) in [6.07, 6.45) is 1.86. The maximum Gasteiger partial charge on any atom is 0.330 e. The summed E-state index contributed by atoms with van der Waals surface area (Å²) in [5.74, 6) is -1.47. The Bertz CT molecular complexity index is 532. The lowest BCUT2D eigenvalue weighted by molar-refractivity contribution is -0.142. The Balaban J connectivity index is 2.18. The van der Waals surface area contributed by atoms with E-state index in [0.717, 1.165) is 11.1 Å². The van der Waals surface area contributed by atoms with Crippen molar-refractivity contribution >= 4 is 11.9 Å². The first-order valence-corrected chi connectivity index (χ1v) is 6.21. The summed E-state index contributed by atoms with van der Waals surface area (Å²) in [6, 6.07) is 9.41. The number of carbonyl (C=O) groups is 2. The molecule has 2 N–H and O–H groups in total. The topological polar surface area (TPSA) is 66.4 Å². The Morgan fingerprint density at radius 3 is 2.47 bits per heavy atom. The summed E-state index contributed by atoms with van der Waals surface area (Å²) < 4.78 is 0. The van der Waals surface area contributed by atoms with Crippen molar-refractivity contribution in [2.75, 3.05) is 0 Å². The van der Waals surface area contributed by atoms with Gasteiger partial charge in [-0.3, -0.25) is 4.79 Å². The highest BCUT2D eigenvalue weighted by atomic mass is 16.4. The number of rotatable bonds is 4. The van der Waals surface area contributed by atoms with Crippen LogP contribution in [-0.2, 0) is 9.59 Å². The van der Waals surface area contributed by atoms with Gasteiger partial charge in [-0.1, -0.05) is 35.9 Å². The van der Waals surface area contributed by atoms with Gasteiger partial charge in [-0.2, -0.15) is 0 Å². The second kappa shape index (κ2) is 4.88. The number of benzene rings is 1. The van der Waals surface area contributed by atoms with Gasteiger partial charge in [0.2, 0.25) is 5.91 Å². The number of allylic oxidation sites excluding steroid dienone is 1. The Labute approximate surface area is 112 Å². The summed E-state index contributed by atoms with van der Waals surface area (Å²) in [5.41, 5.74) is 0.641. The Kier molecular flexibility index (Phi) is 3.42. The van der Waals surface area contributed by atoms with Crippen LogP contribution in [0.4, 0.5) is 0 Å². The van der Waals surface area contributed by atoms with Gasteiger partial charge in [-0.25, -0.2) is 4.79 Å². The quantitative estimate of drug-likeness (QED) is 0.813. The first-order chi connectivity index (χ1) is 8.95. The lowest BCUT2D eigenvalue weighted by Crippen LogP contribution is -2.44. The number of hydrogen-bond acceptors (Lipinski definition) is 2. The van der Waals surface area contributed by atoms with E-state index in [1.165, 1.54) is 6.08 Å². The lowest BCUT2D eigenvalue weighted by atomic mass is 10.1. The highest BCUT2D eigenvalue weighted by Crippen LogP contribution is 2.51. The van der Waals surface area contributed by atoms with Gasteiger partial charge in [0.05, 0.1) is 0 Å². The van der Waals surface area contributed by atoms with Crippen molar-refractivity contribution in [3.63, 3.8) is 0 Å². The van der Waals surface area contributed by atoms with Crippen LogP contribution < -0.4 is 5.32 Å². The molecular formula is C15H17NO3. The first-order valence-electron chi connectivity index (χ1n) is 6.21. The Hall–Kier alpha value is -2.10. The van der Waals surface area contributed by atoms with Crippen molar-refractivity contribution in [1.82, 2.24) is 5.32 Å². The van der Waals surface area contributed by atoms with Crippen LogP contribution in [0.2, 0.25) is 0 Å². The average molecular weight is 259 g/mol. The van der Waals surface area contributed by atoms with Crippen molar-refractivity contribution in [3.05, 3.63) is 47.5 Å². The van der Waals surface area contributed by atoms with Crippen LogP contribution in [-0.4, -0.2) is 22.5 Å². The predicted molar refractivity (Wildman–Crippen MR) is 71.7 cm³/mol. The molecule has 4 heteroatoms. The zero-order valence-electron chi connectivity index (χ0n) is 11.0. The molecular weight excluding hydrogens is 242 g/mol. The molecule has 0 spiro atoms. The van der Waals surface area contributed by atoms with Gasteiger partial charge in [0.1, 0.15) is 5.54 Å². The van der Waals surface area contributed by atoms with E-state index in [2.05, 4.69) is 5.32 Å². The minimum absolute atomic E-state index is 0.152. The van der Waals surface area contributed by atoms with E-state index in [1.807, 2.05) is 30.3 Å². The van der Waals surface area contributed by atoms with Crippen LogP contribution >= 0.6 is 0 Å². The molecule has 1 aromatic carbocycles. The maximum absolute atomic E-state index is 11.7. The standard InChI is InChI=1S/C15H17NO3/c1-10(2)8-13(17)16-15(14(18)19)9-12(15)11-6-4-3-5-7-11/h3-8,12H,9H2,1-2H3,(H,16,17)(H,18,19). The third-order valence-electron chi connectivity index (χ3n) is 3.31. The molecule has 2 atom stereocenters. The molecule has 100 valence electrons. The summed E-state index contributed by atoms with van der Waals surface area (Å²) in [4.78, 5) is 23.2. The van der Waals surface area contributed by atoms with E-state index < -0.39 is 11.5 Å². The van der Waals surface area contributed by atoms with Crippen LogP contribution in [0.3, 0.4) is 0 Å². The zero-order chi connectivity index (χ0) is 14.0. The number of aliphatic carboxylic acids is 1. The van der Waals surface area contributed by atoms with Gasteiger partial charge in [0.15, 0.2) is 0 Å². The highest BCUT2D eigenvalue weighted by molar-refractivity contribution is 5.96. The fraction of sp³-hybridized carbons (Fsp3) is 0.333.